The Balaban J connectivity index is 1.37. The second-order valence-corrected chi connectivity index (χ2v) is 10.9. The van der Waals surface area contributed by atoms with Gasteiger partial charge in [0.05, 0.1) is 4.90 Å². The number of sulfonamides is 1. The summed E-state index contributed by atoms with van der Waals surface area (Å²) in [6.07, 6.45) is -2.18. The first kappa shape index (κ1) is 18.9. The quantitative estimate of drug-likeness (QED) is 0.342. The normalized spacial score (nSPS) is 20.4. The summed E-state index contributed by atoms with van der Waals surface area (Å²) in [5.41, 5.74) is 0.141. The molecule has 37 heavy (non-hydrogen) atoms. The van der Waals surface area contributed by atoms with Gasteiger partial charge in [0.25, 0.3) is 0 Å². The Bertz CT molecular complexity index is 1570. The molecule has 1 aliphatic heterocycles. The molecule has 1 aliphatic rings. The maximum absolute atomic E-state index is 12.9. The number of aryl methyl sites for hydroxylation is 1. The highest BCUT2D eigenvalue weighted by molar-refractivity contribution is 7.89. The van der Waals surface area contributed by atoms with Gasteiger partial charge in [0, 0.05) is 44.8 Å². The number of hydrogen-bond acceptors (Lipinski definition) is 8. The standard InChI is InChI=1S/C27H36N6O3S/c1-20-19-28-26(30-21-10-12-23(13-11-21)36-17-16-33-14-5-6-15-33)31-25(20)29-22-8-7-9-24(18-22)37(34,35)32-27(2,3)4/h7-13,18-19,32H,5-6,14-17H2,1-4H3,(H2,28,29,30,31)/i2D3,5D2,6D2. The van der Waals surface area contributed by atoms with E-state index in [0.29, 0.717) is 35.1 Å². The molecule has 0 saturated carbocycles. The molecule has 3 aromatic rings. The Hall–Kier alpha value is -3.21. The van der Waals surface area contributed by atoms with E-state index in [2.05, 4.69) is 25.3 Å². The lowest BCUT2D eigenvalue weighted by molar-refractivity contribution is 0.238. The van der Waals surface area contributed by atoms with Crippen LogP contribution in [0.3, 0.4) is 0 Å². The molecular weight excluding hydrogens is 488 g/mol. The highest BCUT2D eigenvalue weighted by atomic mass is 32.2. The molecule has 0 unspecified atom stereocenters. The molecule has 4 rings (SSSR count). The number of nitrogens with zero attached hydrogens (tertiary/aromatic N) is 3. The van der Waals surface area contributed by atoms with Gasteiger partial charge in [-0.1, -0.05) is 6.07 Å². The van der Waals surface area contributed by atoms with E-state index in [9.17, 15) is 8.42 Å². The summed E-state index contributed by atoms with van der Waals surface area (Å²) < 4.78 is 88.2. The first-order valence-corrected chi connectivity index (χ1v) is 13.2. The number of nitrogens with one attached hydrogen (secondary N) is 3. The molecule has 9 nitrogen and oxygen atoms in total. The first-order valence-electron chi connectivity index (χ1n) is 15.3. The van der Waals surface area contributed by atoms with Gasteiger partial charge in [-0.15, -0.1) is 0 Å². The van der Waals surface area contributed by atoms with Crippen LogP contribution in [0.2, 0.25) is 0 Å². The van der Waals surface area contributed by atoms with Crippen molar-refractivity contribution < 1.29 is 22.7 Å². The van der Waals surface area contributed by atoms with Gasteiger partial charge in [-0.3, -0.25) is 4.90 Å². The minimum absolute atomic E-state index is 0.0202. The van der Waals surface area contributed by atoms with Crippen LogP contribution in [0.4, 0.5) is 23.1 Å². The highest BCUT2D eigenvalue weighted by Crippen LogP contribution is 2.24. The number of ether oxygens (including phenoxy) is 1. The molecule has 0 spiro atoms. The van der Waals surface area contributed by atoms with Gasteiger partial charge in [-0.2, -0.15) is 4.98 Å². The number of hydrogen-bond donors (Lipinski definition) is 3. The summed E-state index contributed by atoms with van der Waals surface area (Å²) in [5.74, 6) is 1.32. The van der Waals surface area contributed by atoms with Crippen molar-refractivity contribution in [1.82, 2.24) is 19.6 Å². The first-order chi connectivity index (χ1) is 20.3. The largest absolute Gasteiger partial charge is 0.492 e. The van der Waals surface area contributed by atoms with Gasteiger partial charge in [-0.05, 0) is 95.9 Å². The van der Waals surface area contributed by atoms with E-state index in [-0.39, 0.29) is 30.5 Å². The fourth-order valence-electron chi connectivity index (χ4n) is 3.51. The Morgan fingerprint density at radius 2 is 1.86 bits per heavy atom. The average Bonchev–Trinajstić information content (AvgIpc) is 3.11. The maximum atomic E-state index is 12.9. The van der Waals surface area contributed by atoms with Gasteiger partial charge in [-0.25, -0.2) is 18.1 Å². The molecule has 0 aliphatic carbocycles. The molecule has 2 aromatic carbocycles. The van der Waals surface area contributed by atoms with Crippen LogP contribution in [-0.2, 0) is 10.0 Å². The minimum atomic E-state index is -4.14. The van der Waals surface area contributed by atoms with Crippen molar-refractivity contribution in [3.8, 4) is 5.75 Å². The van der Waals surface area contributed by atoms with Crippen LogP contribution in [0.25, 0.3) is 0 Å². The van der Waals surface area contributed by atoms with Crippen molar-refractivity contribution in [3.05, 3.63) is 60.3 Å². The third-order valence-corrected chi connectivity index (χ3v) is 6.94. The van der Waals surface area contributed by atoms with Crippen LogP contribution in [0.15, 0.2) is 59.6 Å². The fourth-order valence-corrected chi connectivity index (χ4v) is 4.84. The summed E-state index contributed by atoms with van der Waals surface area (Å²) in [6.45, 7) is 2.59. The van der Waals surface area contributed by atoms with E-state index >= 15 is 0 Å². The molecule has 3 N–H and O–H groups in total. The zero-order chi connectivity index (χ0) is 32.6. The number of benzene rings is 2. The van der Waals surface area contributed by atoms with Gasteiger partial charge >= 0.3 is 0 Å². The summed E-state index contributed by atoms with van der Waals surface area (Å²) in [4.78, 5) is 10.4. The molecule has 0 bridgehead atoms. The lowest BCUT2D eigenvalue weighted by Crippen LogP contribution is -2.40. The van der Waals surface area contributed by atoms with Crippen LogP contribution in [0, 0.1) is 6.92 Å². The lowest BCUT2D eigenvalue weighted by Gasteiger charge is -2.20. The number of likely N-dealkylation sites (tertiary alicyclic amines) is 1. The van der Waals surface area contributed by atoms with Crippen LogP contribution in [-0.4, -0.2) is 55.1 Å². The van der Waals surface area contributed by atoms with E-state index in [1.54, 1.807) is 54.4 Å². The van der Waals surface area contributed by atoms with Crippen molar-refractivity contribution in [2.24, 2.45) is 0 Å². The third kappa shape index (κ3) is 7.88. The van der Waals surface area contributed by atoms with Crippen molar-refractivity contribution in [2.75, 3.05) is 36.9 Å². The highest BCUT2D eigenvalue weighted by Gasteiger charge is 2.22. The number of rotatable bonds is 10. The minimum Gasteiger partial charge on any atom is -0.492 e. The SMILES string of the molecule is [2H]C([2H])([2H])C(C)(C)NS(=O)(=O)c1cccc(Nc2nc(Nc3ccc(OCCN4CC([2H])([2H])C([2H])([2H])C4)cc3)ncc2C)c1. The Kier molecular flexibility index (Phi) is 5.86. The molecule has 0 radical (unpaired) electrons. The van der Waals surface area contributed by atoms with Crippen molar-refractivity contribution in [2.45, 2.75) is 50.8 Å². The summed E-state index contributed by atoms with van der Waals surface area (Å²) in [6, 6.07) is 13.0. The van der Waals surface area contributed by atoms with E-state index in [4.69, 9.17) is 14.3 Å². The average molecular weight is 532 g/mol. The van der Waals surface area contributed by atoms with E-state index in [1.807, 2.05) is 0 Å². The monoisotopic (exact) mass is 531 g/mol. The topological polar surface area (TPSA) is 108 Å². The Labute approximate surface area is 229 Å². The molecule has 2 heterocycles. The summed E-state index contributed by atoms with van der Waals surface area (Å²) in [5, 5.41) is 6.21. The van der Waals surface area contributed by atoms with Crippen LogP contribution < -0.4 is 20.1 Å². The number of aromatic nitrogens is 2. The Morgan fingerprint density at radius 1 is 1.11 bits per heavy atom. The predicted molar refractivity (Wildman–Crippen MR) is 147 cm³/mol. The van der Waals surface area contributed by atoms with Gasteiger partial charge in [0.1, 0.15) is 18.2 Å². The van der Waals surface area contributed by atoms with Crippen molar-refractivity contribution >= 4 is 33.2 Å². The van der Waals surface area contributed by atoms with E-state index < -0.39 is 35.2 Å². The zero-order valence-corrected chi connectivity index (χ0v) is 21.8. The lowest BCUT2D eigenvalue weighted by atomic mass is 10.1. The summed E-state index contributed by atoms with van der Waals surface area (Å²) >= 11 is 0. The second-order valence-electron chi connectivity index (χ2n) is 9.17. The molecule has 0 atom stereocenters. The molecular formula is C27H36N6O3S. The van der Waals surface area contributed by atoms with Gasteiger partial charge in [0.15, 0.2) is 0 Å². The molecule has 1 fully saturated rings. The van der Waals surface area contributed by atoms with Crippen LogP contribution in [0.5, 0.6) is 5.75 Å². The molecule has 1 saturated heterocycles. The molecule has 198 valence electrons. The van der Waals surface area contributed by atoms with Crippen molar-refractivity contribution in [3.63, 3.8) is 0 Å². The van der Waals surface area contributed by atoms with Crippen LogP contribution in [0.1, 0.15) is 48.6 Å². The van der Waals surface area contributed by atoms with Gasteiger partial charge in [0.2, 0.25) is 16.0 Å². The zero-order valence-electron chi connectivity index (χ0n) is 28.0. The van der Waals surface area contributed by atoms with E-state index in [1.165, 1.54) is 26.0 Å². The molecule has 10 heteroatoms. The molecule has 1 aromatic heterocycles. The second kappa shape index (κ2) is 11.5. The smallest absolute Gasteiger partial charge is 0.241 e. The van der Waals surface area contributed by atoms with Gasteiger partial charge < -0.3 is 15.4 Å². The van der Waals surface area contributed by atoms with Crippen molar-refractivity contribution in [1.29, 1.82) is 0 Å². The van der Waals surface area contributed by atoms with Crippen LogP contribution >= 0.6 is 0 Å². The van der Waals surface area contributed by atoms with E-state index in [0.717, 1.165) is 0 Å². The predicted octanol–water partition coefficient (Wildman–Crippen LogP) is 4.82. The summed E-state index contributed by atoms with van der Waals surface area (Å²) in [7, 11) is -4.14. The maximum Gasteiger partial charge on any atom is 0.241 e. The number of anilines is 4. The fraction of sp³-hybridized carbons (Fsp3) is 0.407. The third-order valence-electron chi connectivity index (χ3n) is 5.29. The molecule has 0 amide bonds. The Morgan fingerprint density at radius 3 is 2.59 bits per heavy atom.